The molecule has 1 N–H and O–H groups in total. The monoisotopic (exact) mass is 1360 g/mol. The fraction of sp³-hybridized carbons (Fsp3) is 0.100. The molecule has 7 aromatic carbocycles. The number of aromatic hydroxyl groups is 1. The first-order chi connectivity index (χ1) is 44.4. The molecule has 14 aromatic rings. The van der Waals surface area contributed by atoms with Gasteiger partial charge in [-0.1, -0.05) is 210 Å². The average molecular weight is 1360 g/mol. The molecule has 0 saturated carbocycles. The van der Waals surface area contributed by atoms with E-state index < -0.39 is 0 Å². The van der Waals surface area contributed by atoms with E-state index >= 15 is 0 Å². The van der Waals surface area contributed by atoms with E-state index in [-0.39, 0.29) is 19.3 Å². The number of methoxy groups -OCH3 is 3. The number of aromatic nitrogens is 7. The molecule has 0 fully saturated rings. The molecule has 91 heavy (non-hydrogen) atoms. The summed E-state index contributed by atoms with van der Waals surface area (Å²) in [5, 5.41) is 36.1. The van der Waals surface area contributed by atoms with Gasteiger partial charge in [0.15, 0.2) is 37.0 Å². The molecule has 0 spiro atoms. The molecule has 21 heteroatoms. The summed E-state index contributed by atoms with van der Waals surface area (Å²) in [6, 6.07) is 54.5. The maximum absolute atomic E-state index is 11.1. The minimum absolute atomic E-state index is 0.162. The van der Waals surface area contributed by atoms with E-state index in [1.807, 2.05) is 176 Å². The summed E-state index contributed by atoms with van der Waals surface area (Å²) in [6.45, 7) is 1.47. The lowest BCUT2D eigenvalue weighted by molar-refractivity contribution is -0.604. The summed E-state index contributed by atoms with van der Waals surface area (Å²) in [6.07, 6.45) is 13.2. The topological polar surface area (TPSA) is 189 Å². The van der Waals surface area contributed by atoms with E-state index in [9.17, 15) is 10.3 Å². The number of nitrogens with zero attached hydrogens (tertiary/aromatic N) is 7. The standard InChI is InChI=1S/2C11H8ClNO2.C10H8ClNO.C10H9NO2.C10H9NO.C9H6BrN.C9H6ClNO/c2*12-11-8-4-2-1-3-7(8)10-9(13-11)5-14-6-15-10;1-13-9-6-12-10(11)8-5-3-2-4-7(8)9;1-13-10-7-11(12)6-8-4-2-3-5-9(8)10;1-12-10-7-11-6-8-4-2-3-5-9(8)10;10-9-6-11-5-7-3-1-2-4-8(7)9;10-9-7-4-2-1-3-6(7)8(12)5-11-9/h2*1-4H,5-6H2;2-6H,1H3;2-7H,1H3;2-7H,1H3;1-6H;1-5,12H. The average Bonchev–Trinajstić information content (AvgIpc) is 2.11. The third-order valence-electron chi connectivity index (χ3n) is 13.9. The molecule has 16 rings (SSSR count). The second-order valence-electron chi connectivity index (χ2n) is 19.5. The normalized spacial score (nSPS) is 11.7. The first-order valence-electron chi connectivity index (χ1n) is 27.8. The van der Waals surface area contributed by atoms with Crippen molar-refractivity contribution in [3.8, 4) is 34.5 Å². The Morgan fingerprint density at radius 2 is 0.802 bits per heavy atom. The van der Waals surface area contributed by atoms with E-state index in [1.165, 1.54) is 29.4 Å². The highest BCUT2D eigenvalue weighted by Crippen LogP contribution is 2.37. The molecule has 0 aliphatic carbocycles. The molecule has 0 unspecified atom stereocenters. The van der Waals surface area contributed by atoms with Gasteiger partial charge in [-0.05, 0) is 27.4 Å². The fourth-order valence-corrected chi connectivity index (χ4v) is 11.1. The lowest BCUT2D eigenvalue weighted by Crippen LogP contribution is -2.24. The van der Waals surface area contributed by atoms with Crippen molar-refractivity contribution >= 4 is 138 Å². The summed E-state index contributed by atoms with van der Waals surface area (Å²) in [5.74, 6) is 3.93. The Labute approximate surface area is 550 Å². The highest BCUT2D eigenvalue weighted by molar-refractivity contribution is 9.10. The van der Waals surface area contributed by atoms with Gasteiger partial charge >= 0.3 is 0 Å². The number of halogens is 5. The number of ether oxygens (including phenoxy) is 7. The van der Waals surface area contributed by atoms with Crippen LogP contribution in [0.15, 0.2) is 224 Å². The molecule has 0 atom stereocenters. The molecule has 16 nitrogen and oxygen atoms in total. The van der Waals surface area contributed by atoms with Gasteiger partial charge in [0.1, 0.15) is 49.2 Å². The fourth-order valence-electron chi connectivity index (χ4n) is 9.61. The Kier molecular flexibility index (Phi) is 22.2. The Morgan fingerprint density at radius 1 is 0.418 bits per heavy atom. The molecule has 0 amide bonds. The molecule has 9 heterocycles. The molecule has 7 aromatic heterocycles. The van der Waals surface area contributed by atoms with Crippen LogP contribution in [-0.2, 0) is 22.7 Å². The van der Waals surface area contributed by atoms with Gasteiger partial charge in [0.05, 0.1) is 58.5 Å². The van der Waals surface area contributed by atoms with Crippen molar-refractivity contribution in [1.29, 1.82) is 0 Å². The number of pyridine rings is 7. The number of benzene rings is 7. The van der Waals surface area contributed by atoms with Crippen LogP contribution >= 0.6 is 62.3 Å². The maximum atomic E-state index is 11.1. The second kappa shape index (κ2) is 31.3. The van der Waals surface area contributed by atoms with E-state index in [1.54, 1.807) is 39.8 Å². The van der Waals surface area contributed by atoms with Crippen molar-refractivity contribution in [3.63, 3.8) is 0 Å². The lowest BCUT2D eigenvalue weighted by Gasteiger charge is -2.18. The summed E-state index contributed by atoms with van der Waals surface area (Å²) in [7, 11) is 4.84. The van der Waals surface area contributed by atoms with Gasteiger partial charge in [-0.2, -0.15) is 4.73 Å². The van der Waals surface area contributed by atoms with E-state index in [4.69, 9.17) is 79.6 Å². The Morgan fingerprint density at radius 3 is 1.31 bits per heavy atom. The van der Waals surface area contributed by atoms with Crippen molar-refractivity contribution in [2.45, 2.75) is 13.2 Å². The third-order valence-corrected chi connectivity index (χ3v) is 15.7. The maximum Gasteiger partial charge on any atom is 0.223 e. The minimum Gasteiger partial charge on any atom is -0.619 e. The van der Waals surface area contributed by atoms with Crippen LogP contribution < -0.4 is 28.4 Å². The zero-order valence-electron chi connectivity index (χ0n) is 48.8. The highest BCUT2D eigenvalue weighted by atomic mass is 79.9. The van der Waals surface area contributed by atoms with Crippen LogP contribution in [0.25, 0.3) is 75.4 Å². The first kappa shape index (κ1) is 64.6. The van der Waals surface area contributed by atoms with Gasteiger partial charge in [0.25, 0.3) is 0 Å². The van der Waals surface area contributed by atoms with Crippen LogP contribution in [-0.4, -0.2) is 69.9 Å². The number of hydrogen-bond acceptors (Lipinski definition) is 15. The SMILES string of the molecule is Brc1cncc2ccccc12.COc1c[n+]([O-])cc2ccccc12.COc1cnc(Cl)c2ccccc12.COc1cncc2ccccc12.Clc1nc2c(c3ccccc13)OCOC2.Clc1nc2c(c3ccccc13)OCOC2.Oc1cnc(Cl)c2ccccc12. The zero-order valence-corrected chi connectivity index (χ0v) is 53.5. The minimum atomic E-state index is 0.162. The van der Waals surface area contributed by atoms with Crippen molar-refractivity contribution < 1.29 is 43.0 Å². The van der Waals surface area contributed by atoms with Gasteiger partial charge in [0.2, 0.25) is 6.20 Å². The molecule has 2 aliphatic rings. The molecular weight excluding hydrogens is 1300 g/mol. The van der Waals surface area contributed by atoms with Gasteiger partial charge < -0.3 is 43.5 Å². The van der Waals surface area contributed by atoms with E-state index in [2.05, 4.69) is 51.9 Å². The first-order valence-corrected chi connectivity index (χ1v) is 30.1. The van der Waals surface area contributed by atoms with Crippen molar-refractivity contribution in [2.24, 2.45) is 0 Å². The van der Waals surface area contributed by atoms with Crippen LogP contribution in [0.4, 0.5) is 0 Å². The second-order valence-corrected chi connectivity index (χ2v) is 21.8. The van der Waals surface area contributed by atoms with E-state index in [0.717, 1.165) is 108 Å². The molecule has 458 valence electrons. The summed E-state index contributed by atoms with van der Waals surface area (Å²) < 4.78 is 38.4. The van der Waals surface area contributed by atoms with Crippen LogP contribution in [0.3, 0.4) is 0 Å². The zero-order chi connectivity index (χ0) is 63.6. The van der Waals surface area contributed by atoms with Crippen LogP contribution in [0.5, 0.6) is 34.5 Å². The Bertz CT molecular complexity index is 4700. The number of hydrogen-bond donors (Lipinski definition) is 1. The molecule has 0 saturated heterocycles. The number of rotatable bonds is 3. The largest absolute Gasteiger partial charge is 0.619 e. The van der Waals surface area contributed by atoms with Gasteiger partial charge in [-0.25, -0.2) is 19.9 Å². The van der Waals surface area contributed by atoms with Crippen LogP contribution in [0, 0.1) is 5.21 Å². The molecular formula is C70H54BrCl4N7O9. The van der Waals surface area contributed by atoms with Gasteiger partial charge in [0, 0.05) is 87.7 Å². The Balaban J connectivity index is 0.000000117. The quantitative estimate of drug-likeness (QED) is 0.0998. The predicted octanol–water partition coefficient (Wildman–Crippen LogP) is 17.7. The third kappa shape index (κ3) is 15.8. The van der Waals surface area contributed by atoms with Gasteiger partial charge in [-0.15, -0.1) is 0 Å². The smallest absolute Gasteiger partial charge is 0.223 e. The van der Waals surface area contributed by atoms with Crippen LogP contribution in [0.2, 0.25) is 20.6 Å². The van der Waals surface area contributed by atoms with Crippen LogP contribution in [0.1, 0.15) is 11.4 Å². The summed E-state index contributed by atoms with van der Waals surface area (Å²) in [4.78, 5) is 24.5. The van der Waals surface area contributed by atoms with E-state index in [0.29, 0.717) is 39.6 Å². The molecule has 2 aliphatic heterocycles. The van der Waals surface area contributed by atoms with Gasteiger partial charge in [-0.3, -0.25) is 9.97 Å². The Hall–Kier alpha value is -9.43. The number of fused-ring (bicyclic) bond motifs is 11. The molecule has 0 bridgehead atoms. The lowest BCUT2D eigenvalue weighted by atomic mass is 10.1. The predicted molar refractivity (Wildman–Crippen MR) is 363 cm³/mol. The molecule has 0 radical (unpaired) electrons. The van der Waals surface area contributed by atoms with Crippen molar-refractivity contribution in [3.05, 3.63) is 261 Å². The van der Waals surface area contributed by atoms with Crippen molar-refractivity contribution in [1.82, 2.24) is 29.9 Å². The summed E-state index contributed by atoms with van der Waals surface area (Å²) in [5.41, 5.74) is 1.54. The highest BCUT2D eigenvalue weighted by Gasteiger charge is 2.19. The van der Waals surface area contributed by atoms with Crippen molar-refractivity contribution in [2.75, 3.05) is 34.9 Å². The summed E-state index contributed by atoms with van der Waals surface area (Å²) >= 11 is 27.3.